The molecule has 1 unspecified atom stereocenters. The molecule has 1 aromatic carbocycles. The number of aromatic nitrogens is 1. The largest absolute Gasteiger partial charge is 0.361 e. The van der Waals surface area contributed by atoms with Crippen LogP contribution in [0.1, 0.15) is 34.9 Å². The molecule has 1 aliphatic rings. The number of fused-ring (bicyclic) bond motifs is 1. The topological polar surface area (TPSA) is 91.5 Å². The molecule has 3 N–H and O–H groups in total. The Morgan fingerprint density at radius 2 is 2.12 bits per heavy atom. The van der Waals surface area contributed by atoms with Crippen molar-refractivity contribution in [2.75, 3.05) is 18.9 Å². The normalized spacial score (nSPS) is 16.5. The standard InChI is InChI=1S/C18H23N5O2/c1-11-15(12(2)25-23-11)10-21-18(19-3)20-9-8-14-13-6-4-5-7-16(13)22-17(14)24/h4-7,14H,8-10H2,1-3H3,(H,22,24)(H2,19,20,21). The van der Waals surface area contributed by atoms with Gasteiger partial charge >= 0.3 is 0 Å². The zero-order valence-electron chi connectivity index (χ0n) is 14.7. The third-order valence-electron chi connectivity index (χ3n) is 4.47. The number of para-hydroxylation sites is 1. The zero-order valence-corrected chi connectivity index (χ0v) is 14.7. The van der Waals surface area contributed by atoms with Crippen molar-refractivity contribution in [2.45, 2.75) is 32.7 Å². The van der Waals surface area contributed by atoms with Crippen LogP contribution in [0.2, 0.25) is 0 Å². The van der Waals surface area contributed by atoms with E-state index in [1.54, 1.807) is 7.05 Å². The number of nitrogens with zero attached hydrogens (tertiary/aromatic N) is 2. The lowest BCUT2D eigenvalue weighted by Gasteiger charge is -2.13. The van der Waals surface area contributed by atoms with Gasteiger partial charge in [-0.25, -0.2) is 0 Å². The number of hydrogen-bond donors (Lipinski definition) is 3. The predicted molar refractivity (Wildman–Crippen MR) is 96.6 cm³/mol. The molecular weight excluding hydrogens is 318 g/mol. The maximum absolute atomic E-state index is 12.1. The Hall–Kier alpha value is -2.83. The number of aryl methyl sites for hydroxylation is 2. The number of anilines is 1. The van der Waals surface area contributed by atoms with Crippen LogP contribution in [0.15, 0.2) is 33.8 Å². The first kappa shape index (κ1) is 17.0. The summed E-state index contributed by atoms with van der Waals surface area (Å²) >= 11 is 0. The van der Waals surface area contributed by atoms with Gasteiger partial charge in [-0.1, -0.05) is 23.4 Å². The maximum Gasteiger partial charge on any atom is 0.232 e. The lowest BCUT2D eigenvalue weighted by molar-refractivity contribution is -0.117. The number of guanidine groups is 1. The van der Waals surface area contributed by atoms with Crippen LogP contribution in [0.25, 0.3) is 0 Å². The van der Waals surface area contributed by atoms with Gasteiger partial charge in [0.2, 0.25) is 5.91 Å². The Morgan fingerprint density at radius 1 is 1.32 bits per heavy atom. The molecule has 3 rings (SSSR count). The van der Waals surface area contributed by atoms with Crippen LogP contribution in [0.5, 0.6) is 0 Å². The summed E-state index contributed by atoms with van der Waals surface area (Å²) in [5.41, 5.74) is 3.89. The minimum atomic E-state index is -0.121. The second kappa shape index (κ2) is 7.38. The Bertz CT molecular complexity index is 777. The van der Waals surface area contributed by atoms with E-state index in [-0.39, 0.29) is 11.8 Å². The fourth-order valence-corrected chi connectivity index (χ4v) is 3.04. The van der Waals surface area contributed by atoms with Crippen LogP contribution in [-0.4, -0.2) is 30.6 Å². The van der Waals surface area contributed by atoms with E-state index in [0.29, 0.717) is 25.5 Å². The molecule has 0 bridgehead atoms. The van der Waals surface area contributed by atoms with Gasteiger partial charge in [0, 0.05) is 31.4 Å². The lowest BCUT2D eigenvalue weighted by Crippen LogP contribution is -2.38. The molecule has 7 nitrogen and oxygen atoms in total. The molecule has 0 saturated heterocycles. The van der Waals surface area contributed by atoms with Crippen molar-refractivity contribution in [3.63, 3.8) is 0 Å². The summed E-state index contributed by atoms with van der Waals surface area (Å²) in [6, 6.07) is 7.83. The van der Waals surface area contributed by atoms with E-state index in [1.165, 1.54) is 0 Å². The van der Waals surface area contributed by atoms with Crippen molar-refractivity contribution >= 4 is 17.6 Å². The molecule has 1 amide bonds. The molecule has 7 heteroatoms. The van der Waals surface area contributed by atoms with Crippen molar-refractivity contribution < 1.29 is 9.32 Å². The molecule has 1 aliphatic heterocycles. The summed E-state index contributed by atoms with van der Waals surface area (Å²) in [5.74, 6) is 1.43. The highest BCUT2D eigenvalue weighted by atomic mass is 16.5. The van der Waals surface area contributed by atoms with E-state index in [2.05, 4.69) is 26.1 Å². The van der Waals surface area contributed by atoms with Gasteiger partial charge in [-0.2, -0.15) is 0 Å². The second-order valence-electron chi connectivity index (χ2n) is 6.07. The van der Waals surface area contributed by atoms with Crippen LogP contribution in [0.3, 0.4) is 0 Å². The fourth-order valence-electron chi connectivity index (χ4n) is 3.04. The first-order valence-corrected chi connectivity index (χ1v) is 8.36. The molecule has 0 fully saturated rings. The highest BCUT2D eigenvalue weighted by Gasteiger charge is 2.29. The van der Waals surface area contributed by atoms with Crippen LogP contribution in [0, 0.1) is 13.8 Å². The maximum atomic E-state index is 12.1. The summed E-state index contributed by atoms with van der Waals surface area (Å²) in [6.07, 6.45) is 0.703. The predicted octanol–water partition coefficient (Wildman–Crippen LogP) is 2.08. The minimum absolute atomic E-state index is 0.0571. The van der Waals surface area contributed by atoms with E-state index < -0.39 is 0 Å². The van der Waals surface area contributed by atoms with Gasteiger partial charge in [0.25, 0.3) is 0 Å². The van der Waals surface area contributed by atoms with E-state index in [4.69, 9.17) is 4.52 Å². The van der Waals surface area contributed by atoms with E-state index >= 15 is 0 Å². The molecule has 2 aromatic rings. The Kier molecular flexibility index (Phi) is 5.02. The average Bonchev–Trinajstić information content (AvgIpc) is 3.10. The number of carbonyl (C=O) groups is 1. The zero-order chi connectivity index (χ0) is 17.8. The molecule has 0 radical (unpaired) electrons. The summed E-state index contributed by atoms with van der Waals surface area (Å²) in [5, 5.41) is 13.4. The molecule has 25 heavy (non-hydrogen) atoms. The number of hydrogen-bond acceptors (Lipinski definition) is 4. The molecular formula is C18H23N5O2. The first-order valence-electron chi connectivity index (χ1n) is 8.36. The minimum Gasteiger partial charge on any atom is -0.361 e. The van der Waals surface area contributed by atoms with E-state index in [0.717, 1.165) is 28.3 Å². The van der Waals surface area contributed by atoms with Crippen molar-refractivity contribution in [2.24, 2.45) is 4.99 Å². The molecule has 2 heterocycles. The second-order valence-corrected chi connectivity index (χ2v) is 6.07. The summed E-state index contributed by atoms with van der Waals surface area (Å²) in [7, 11) is 1.72. The van der Waals surface area contributed by atoms with Gasteiger partial charge < -0.3 is 20.5 Å². The Morgan fingerprint density at radius 3 is 2.84 bits per heavy atom. The third kappa shape index (κ3) is 3.65. The van der Waals surface area contributed by atoms with E-state index in [9.17, 15) is 4.79 Å². The van der Waals surface area contributed by atoms with Crippen molar-refractivity contribution in [1.29, 1.82) is 0 Å². The van der Waals surface area contributed by atoms with Gasteiger partial charge in [0.1, 0.15) is 5.76 Å². The Balaban J connectivity index is 1.52. The lowest BCUT2D eigenvalue weighted by atomic mass is 9.97. The highest BCUT2D eigenvalue weighted by molar-refractivity contribution is 6.02. The molecule has 1 atom stereocenters. The highest BCUT2D eigenvalue weighted by Crippen LogP contribution is 2.33. The Labute approximate surface area is 146 Å². The van der Waals surface area contributed by atoms with E-state index in [1.807, 2.05) is 38.1 Å². The summed E-state index contributed by atoms with van der Waals surface area (Å²) in [6.45, 7) is 5.05. The van der Waals surface area contributed by atoms with Crippen LogP contribution >= 0.6 is 0 Å². The molecule has 0 spiro atoms. The molecule has 1 aromatic heterocycles. The number of nitrogens with one attached hydrogen (secondary N) is 3. The van der Waals surface area contributed by atoms with Crippen molar-refractivity contribution in [1.82, 2.24) is 15.8 Å². The number of rotatable bonds is 5. The molecule has 0 aliphatic carbocycles. The number of benzene rings is 1. The monoisotopic (exact) mass is 341 g/mol. The number of carbonyl (C=O) groups excluding carboxylic acids is 1. The molecule has 0 saturated carbocycles. The fraction of sp³-hybridized carbons (Fsp3) is 0.389. The van der Waals surface area contributed by atoms with Crippen molar-refractivity contribution in [3.8, 4) is 0 Å². The summed E-state index contributed by atoms with van der Waals surface area (Å²) in [4.78, 5) is 16.3. The van der Waals surface area contributed by atoms with Crippen molar-refractivity contribution in [3.05, 3.63) is 46.8 Å². The number of aliphatic imine (C=N–C) groups is 1. The smallest absolute Gasteiger partial charge is 0.232 e. The van der Waals surface area contributed by atoms with Crippen LogP contribution in [-0.2, 0) is 11.3 Å². The number of amides is 1. The van der Waals surface area contributed by atoms with Gasteiger partial charge in [-0.3, -0.25) is 9.79 Å². The SMILES string of the molecule is CN=C(NCCC1C(=O)Nc2ccccc21)NCc1c(C)noc1C. The average molecular weight is 341 g/mol. The van der Waals surface area contributed by atoms with Crippen LogP contribution in [0.4, 0.5) is 5.69 Å². The van der Waals surface area contributed by atoms with Gasteiger partial charge in [-0.05, 0) is 31.9 Å². The van der Waals surface area contributed by atoms with Gasteiger partial charge in [-0.15, -0.1) is 0 Å². The first-order chi connectivity index (χ1) is 12.1. The quantitative estimate of drug-likeness (QED) is 0.572. The molecule has 132 valence electrons. The third-order valence-corrected chi connectivity index (χ3v) is 4.47. The van der Waals surface area contributed by atoms with Gasteiger partial charge in [0.05, 0.1) is 11.6 Å². The summed E-state index contributed by atoms with van der Waals surface area (Å²) < 4.78 is 5.16. The van der Waals surface area contributed by atoms with Gasteiger partial charge in [0.15, 0.2) is 5.96 Å². The van der Waals surface area contributed by atoms with Crippen LogP contribution < -0.4 is 16.0 Å².